The molecule has 9 heteroatoms. The van der Waals surface area contributed by atoms with E-state index in [1.807, 2.05) is 18.2 Å². The van der Waals surface area contributed by atoms with E-state index in [1.54, 1.807) is 37.3 Å². The van der Waals surface area contributed by atoms with Crippen molar-refractivity contribution in [3.8, 4) is 0 Å². The highest BCUT2D eigenvalue weighted by molar-refractivity contribution is 7.90. The topological polar surface area (TPSA) is 84.5 Å². The van der Waals surface area contributed by atoms with E-state index in [4.69, 9.17) is 27.9 Å². The molecule has 1 heterocycles. The maximum absolute atomic E-state index is 12.8. The van der Waals surface area contributed by atoms with Crippen LogP contribution in [-0.4, -0.2) is 14.4 Å². The van der Waals surface area contributed by atoms with Gasteiger partial charge in [-0.25, -0.2) is 13.2 Å². The molecule has 0 unspecified atom stereocenters. The Balaban J connectivity index is 1.39. The molecule has 1 aliphatic rings. The molecule has 0 saturated heterocycles. The number of benzene rings is 3. The minimum absolute atomic E-state index is 0.106. The van der Waals surface area contributed by atoms with Gasteiger partial charge in [-0.05, 0) is 59.5 Å². The van der Waals surface area contributed by atoms with Gasteiger partial charge in [0.15, 0.2) is 9.84 Å². The van der Waals surface area contributed by atoms with E-state index >= 15 is 0 Å². The van der Waals surface area contributed by atoms with Crippen LogP contribution in [0.5, 0.6) is 0 Å². The number of sulfone groups is 1. The van der Waals surface area contributed by atoms with E-state index in [1.165, 1.54) is 12.1 Å². The van der Waals surface area contributed by atoms with Crippen molar-refractivity contribution in [3.05, 3.63) is 93.0 Å². The van der Waals surface area contributed by atoms with Crippen molar-refractivity contribution in [1.82, 2.24) is 5.32 Å². The lowest BCUT2D eigenvalue weighted by Gasteiger charge is -2.17. The number of anilines is 1. The number of amides is 2. The van der Waals surface area contributed by atoms with Crippen molar-refractivity contribution >= 4 is 44.8 Å². The Morgan fingerprint density at radius 1 is 1.03 bits per heavy atom. The fourth-order valence-corrected chi connectivity index (χ4v) is 5.47. The van der Waals surface area contributed by atoms with Crippen LogP contribution < -0.4 is 10.6 Å². The van der Waals surface area contributed by atoms with Gasteiger partial charge < -0.3 is 15.4 Å². The predicted molar refractivity (Wildman–Crippen MR) is 129 cm³/mol. The molecule has 6 nitrogen and oxygen atoms in total. The Morgan fingerprint density at radius 3 is 2.52 bits per heavy atom. The molecular weight excluding hydrogens is 483 g/mol. The van der Waals surface area contributed by atoms with Crippen molar-refractivity contribution in [2.45, 2.75) is 36.8 Å². The SMILES string of the molecule is C[C@H](NC(=O)Nc1ccc(S(=O)(=O)Cc2ccc3c(c2)COC3)cc1)c1cccc(Cl)c1Cl. The van der Waals surface area contributed by atoms with Crippen LogP contribution in [0.15, 0.2) is 65.6 Å². The highest BCUT2D eigenvalue weighted by Gasteiger charge is 2.19. The molecule has 4 rings (SSSR count). The second-order valence-corrected chi connectivity index (χ2v) is 10.6. The Labute approximate surface area is 202 Å². The zero-order valence-corrected chi connectivity index (χ0v) is 20.1. The zero-order valence-electron chi connectivity index (χ0n) is 17.8. The van der Waals surface area contributed by atoms with Crippen molar-refractivity contribution in [2.24, 2.45) is 0 Å². The molecule has 2 N–H and O–H groups in total. The smallest absolute Gasteiger partial charge is 0.319 e. The molecule has 2 amide bonds. The Morgan fingerprint density at radius 2 is 1.76 bits per heavy atom. The summed E-state index contributed by atoms with van der Waals surface area (Å²) < 4.78 is 31.1. The number of halogens is 2. The van der Waals surface area contributed by atoms with Crippen molar-refractivity contribution in [3.63, 3.8) is 0 Å². The molecule has 0 radical (unpaired) electrons. The first kappa shape index (κ1) is 23.6. The van der Waals surface area contributed by atoms with Gasteiger partial charge in [-0.1, -0.05) is 53.5 Å². The third-order valence-corrected chi connectivity index (χ3v) is 7.95. The quantitative estimate of drug-likeness (QED) is 0.438. The summed E-state index contributed by atoms with van der Waals surface area (Å²) >= 11 is 12.2. The Kier molecular flexibility index (Phi) is 6.95. The Hall–Kier alpha value is -2.58. The molecule has 0 spiro atoms. The lowest BCUT2D eigenvalue weighted by Crippen LogP contribution is -2.31. The van der Waals surface area contributed by atoms with Crippen molar-refractivity contribution in [2.75, 3.05) is 5.32 Å². The third kappa shape index (κ3) is 5.50. The summed E-state index contributed by atoms with van der Waals surface area (Å²) in [6.07, 6.45) is 0. The monoisotopic (exact) mass is 504 g/mol. The zero-order chi connectivity index (χ0) is 23.6. The molecule has 0 fully saturated rings. The van der Waals surface area contributed by atoms with Crippen LogP contribution >= 0.6 is 23.2 Å². The first-order chi connectivity index (χ1) is 15.7. The van der Waals surface area contributed by atoms with Gasteiger partial charge in [0.1, 0.15) is 0 Å². The van der Waals surface area contributed by atoms with Crippen LogP contribution in [0, 0.1) is 0 Å². The third-order valence-electron chi connectivity index (χ3n) is 5.41. The number of fused-ring (bicyclic) bond motifs is 1. The van der Waals surface area contributed by atoms with E-state index in [9.17, 15) is 13.2 Å². The Bertz CT molecular complexity index is 1290. The van der Waals surface area contributed by atoms with Crippen LogP contribution in [0.1, 0.15) is 35.2 Å². The fraction of sp³-hybridized carbons (Fsp3) is 0.208. The number of rotatable bonds is 6. The maximum atomic E-state index is 12.8. The van der Waals surface area contributed by atoms with Crippen molar-refractivity contribution < 1.29 is 17.9 Å². The minimum Gasteiger partial charge on any atom is -0.372 e. The normalized spacial score (nSPS) is 13.9. The van der Waals surface area contributed by atoms with Crippen LogP contribution in [0.3, 0.4) is 0 Å². The number of ether oxygens (including phenoxy) is 1. The summed E-state index contributed by atoms with van der Waals surface area (Å²) in [6.45, 7) is 2.86. The minimum atomic E-state index is -3.54. The summed E-state index contributed by atoms with van der Waals surface area (Å²) in [5.74, 6) is -0.106. The molecule has 0 aliphatic carbocycles. The highest BCUT2D eigenvalue weighted by Crippen LogP contribution is 2.30. The first-order valence-electron chi connectivity index (χ1n) is 10.3. The van der Waals surface area contributed by atoms with Crippen LogP contribution in [0.25, 0.3) is 0 Å². The van der Waals surface area contributed by atoms with Gasteiger partial charge in [0, 0.05) is 5.69 Å². The summed E-state index contributed by atoms with van der Waals surface area (Å²) in [6, 6.07) is 16.1. The van der Waals surface area contributed by atoms with Gasteiger partial charge in [-0.15, -0.1) is 0 Å². The molecule has 3 aromatic carbocycles. The van der Waals surface area contributed by atoms with Gasteiger partial charge in [-0.3, -0.25) is 0 Å². The summed E-state index contributed by atoms with van der Waals surface area (Å²) in [7, 11) is -3.54. The summed E-state index contributed by atoms with van der Waals surface area (Å²) in [5.41, 5.74) is 4.00. The summed E-state index contributed by atoms with van der Waals surface area (Å²) in [5, 5.41) is 6.28. The highest BCUT2D eigenvalue weighted by atomic mass is 35.5. The second kappa shape index (κ2) is 9.73. The molecule has 1 aliphatic heterocycles. The van der Waals surface area contributed by atoms with Gasteiger partial charge >= 0.3 is 6.03 Å². The van der Waals surface area contributed by atoms with Crippen molar-refractivity contribution in [1.29, 1.82) is 0 Å². The fourth-order valence-electron chi connectivity index (χ4n) is 3.66. The maximum Gasteiger partial charge on any atom is 0.319 e. The predicted octanol–water partition coefficient (Wildman–Crippen LogP) is 5.88. The molecule has 33 heavy (non-hydrogen) atoms. The standard InChI is InChI=1S/C24H22Cl2N2O4S/c1-15(21-3-2-4-22(25)23(21)26)27-24(29)28-19-7-9-20(10-8-19)33(30,31)14-16-5-6-17-12-32-13-18(17)11-16/h2-11,15H,12-14H2,1H3,(H2,27,28,29)/t15-/m0/s1. The molecular formula is C24H22Cl2N2O4S. The van der Waals surface area contributed by atoms with Gasteiger partial charge in [0.05, 0.1) is 39.9 Å². The molecule has 0 aromatic heterocycles. The van der Waals surface area contributed by atoms with Gasteiger partial charge in [-0.2, -0.15) is 0 Å². The van der Waals surface area contributed by atoms with Gasteiger partial charge in [0.2, 0.25) is 0 Å². The molecule has 172 valence electrons. The largest absolute Gasteiger partial charge is 0.372 e. The number of carbonyl (C=O) groups is 1. The second-order valence-electron chi connectivity index (χ2n) is 7.84. The van der Waals surface area contributed by atoms with E-state index in [0.717, 1.165) is 16.7 Å². The van der Waals surface area contributed by atoms with Crippen LogP contribution in [-0.2, 0) is 33.5 Å². The van der Waals surface area contributed by atoms with E-state index in [-0.39, 0.29) is 16.7 Å². The lowest BCUT2D eigenvalue weighted by atomic mass is 10.1. The molecule has 3 aromatic rings. The molecule has 0 saturated carbocycles. The first-order valence-corrected chi connectivity index (χ1v) is 12.7. The van der Waals surface area contributed by atoms with Gasteiger partial charge in [0.25, 0.3) is 0 Å². The lowest BCUT2D eigenvalue weighted by molar-refractivity contribution is 0.134. The average molecular weight is 505 g/mol. The number of hydrogen-bond acceptors (Lipinski definition) is 4. The van der Waals surface area contributed by atoms with E-state index < -0.39 is 15.9 Å². The van der Waals surface area contributed by atoms with Crippen LogP contribution in [0.2, 0.25) is 10.0 Å². The average Bonchev–Trinajstić information content (AvgIpc) is 3.23. The number of nitrogens with one attached hydrogen (secondary N) is 2. The summed E-state index contributed by atoms with van der Waals surface area (Å²) in [4.78, 5) is 12.6. The van der Waals surface area contributed by atoms with E-state index in [2.05, 4.69) is 10.6 Å². The molecule has 0 bridgehead atoms. The van der Waals surface area contributed by atoms with E-state index in [0.29, 0.717) is 34.5 Å². The number of hydrogen-bond donors (Lipinski definition) is 2. The number of urea groups is 1. The molecule has 1 atom stereocenters. The number of carbonyl (C=O) groups excluding carboxylic acids is 1. The van der Waals surface area contributed by atoms with Crippen LogP contribution in [0.4, 0.5) is 10.5 Å².